The molecule has 1 aromatic heterocycles. The van der Waals surface area contributed by atoms with Crippen LogP contribution in [0.2, 0.25) is 5.02 Å². The van der Waals surface area contributed by atoms with Crippen molar-refractivity contribution in [2.24, 2.45) is 17.8 Å². The first-order valence-corrected chi connectivity index (χ1v) is 8.33. The largest absolute Gasteiger partial charge is 0.316 e. The van der Waals surface area contributed by atoms with Crippen LogP contribution in [0.3, 0.4) is 0 Å². The highest BCUT2D eigenvalue weighted by Gasteiger charge is 2.25. The summed E-state index contributed by atoms with van der Waals surface area (Å²) in [5.74, 6) is 2.28. The van der Waals surface area contributed by atoms with Crippen LogP contribution in [0, 0.1) is 17.8 Å². The van der Waals surface area contributed by atoms with Crippen LogP contribution in [0.5, 0.6) is 0 Å². The molecule has 0 amide bonds. The van der Waals surface area contributed by atoms with Crippen LogP contribution in [0.1, 0.15) is 45.1 Å². The highest BCUT2D eigenvalue weighted by molar-refractivity contribution is 6.31. The van der Waals surface area contributed by atoms with Gasteiger partial charge in [-0.3, -0.25) is 4.98 Å². The molecule has 3 heteroatoms. The SMILES string of the molecule is CC(C)CNCC(Cc1ccncc1Cl)C1CCCC1. The van der Waals surface area contributed by atoms with Gasteiger partial charge in [0.1, 0.15) is 0 Å². The number of rotatable bonds is 7. The van der Waals surface area contributed by atoms with E-state index in [0.717, 1.165) is 30.5 Å². The summed E-state index contributed by atoms with van der Waals surface area (Å²) < 4.78 is 0. The monoisotopic (exact) mass is 294 g/mol. The van der Waals surface area contributed by atoms with Crippen molar-refractivity contribution in [3.05, 3.63) is 29.0 Å². The number of hydrogen-bond donors (Lipinski definition) is 1. The predicted molar refractivity (Wildman–Crippen MR) is 86.1 cm³/mol. The Balaban J connectivity index is 1.96. The zero-order valence-electron chi connectivity index (χ0n) is 12.7. The molecule has 2 nitrogen and oxygen atoms in total. The molecule has 20 heavy (non-hydrogen) atoms. The molecule has 1 aliphatic rings. The Morgan fingerprint density at radius 1 is 1.30 bits per heavy atom. The highest BCUT2D eigenvalue weighted by atomic mass is 35.5. The first-order chi connectivity index (χ1) is 9.66. The fourth-order valence-electron chi connectivity index (χ4n) is 3.24. The lowest BCUT2D eigenvalue weighted by molar-refractivity contribution is 0.316. The Bertz CT molecular complexity index is 400. The lowest BCUT2D eigenvalue weighted by atomic mass is 9.85. The minimum Gasteiger partial charge on any atom is -0.316 e. The zero-order chi connectivity index (χ0) is 14.4. The molecule has 0 aromatic carbocycles. The standard InChI is InChI=1S/C17H27ClN2/c1-13(2)10-20-11-16(14-5-3-4-6-14)9-15-7-8-19-12-17(15)18/h7-8,12-14,16,20H,3-6,9-11H2,1-2H3. The smallest absolute Gasteiger partial charge is 0.0621 e. The van der Waals surface area contributed by atoms with Gasteiger partial charge in [0.25, 0.3) is 0 Å². The van der Waals surface area contributed by atoms with E-state index in [1.54, 1.807) is 6.20 Å². The van der Waals surface area contributed by atoms with E-state index < -0.39 is 0 Å². The fourth-order valence-corrected chi connectivity index (χ4v) is 3.44. The summed E-state index contributed by atoms with van der Waals surface area (Å²) in [7, 11) is 0. The molecule has 0 radical (unpaired) electrons. The molecule has 0 bridgehead atoms. The average molecular weight is 295 g/mol. The molecule has 1 aliphatic carbocycles. The van der Waals surface area contributed by atoms with Gasteiger partial charge in [0, 0.05) is 12.4 Å². The average Bonchev–Trinajstić information content (AvgIpc) is 2.93. The van der Waals surface area contributed by atoms with Crippen molar-refractivity contribution >= 4 is 11.6 Å². The molecule has 1 heterocycles. The molecule has 1 aromatic rings. The van der Waals surface area contributed by atoms with Crippen LogP contribution in [-0.2, 0) is 6.42 Å². The van der Waals surface area contributed by atoms with E-state index >= 15 is 0 Å². The van der Waals surface area contributed by atoms with Crippen LogP contribution >= 0.6 is 11.6 Å². The van der Waals surface area contributed by atoms with Gasteiger partial charge in [0.15, 0.2) is 0 Å². The predicted octanol–water partition coefficient (Wildman–Crippen LogP) is 4.33. The quantitative estimate of drug-likeness (QED) is 0.809. The summed E-state index contributed by atoms with van der Waals surface area (Å²) in [5, 5.41) is 4.46. The summed E-state index contributed by atoms with van der Waals surface area (Å²) in [4.78, 5) is 4.09. The van der Waals surface area contributed by atoms with E-state index in [0.29, 0.717) is 11.8 Å². The molecular formula is C17H27ClN2. The van der Waals surface area contributed by atoms with Crippen molar-refractivity contribution in [1.29, 1.82) is 0 Å². The minimum absolute atomic E-state index is 0.705. The number of hydrogen-bond acceptors (Lipinski definition) is 2. The molecule has 1 unspecified atom stereocenters. The Hall–Kier alpha value is -0.600. The Labute approximate surface area is 128 Å². The Morgan fingerprint density at radius 3 is 2.70 bits per heavy atom. The fraction of sp³-hybridized carbons (Fsp3) is 0.706. The summed E-state index contributed by atoms with van der Waals surface area (Å²) in [6, 6.07) is 2.08. The first-order valence-electron chi connectivity index (χ1n) is 7.96. The van der Waals surface area contributed by atoms with Crippen molar-refractivity contribution in [3.63, 3.8) is 0 Å². The van der Waals surface area contributed by atoms with E-state index in [2.05, 4.69) is 30.2 Å². The van der Waals surface area contributed by atoms with Gasteiger partial charge in [-0.2, -0.15) is 0 Å². The molecule has 0 saturated heterocycles. The van der Waals surface area contributed by atoms with E-state index in [9.17, 15) is 0 Å². The second-order valence-corrected chi connectivity index (χ2v) is 6.94. The number of halogens is 1. The molecule has 1 N–H and O–H groups in total. The van der Waals surface area contributed by atoms with E-state index in [4.69, 9.17) is 11.6 Å². The number of aromatic nitrogens is 1. The Kier molecular flexibility index (Phi) is 6.31. The first kappa shape index (κ1) is 15.8. The second-order valence-electron chi connectivity index (χ2n) is 6.53. The van der Waals surface area contributed by atoms with Crippen molar-refractivity contribution in [2.75, 3.05) is 13.1 Å². The maximum absolute atomic E-state index is 6.28. The van der Waals surface area contributed by atoms with Gasteiger partial charge in [-0.1, -0.05) is 51.1 Å². The molecule has 1 fully saturated rings. The zero-order valence-corrected chi connectivity index (χ0v) is 13.5. The van der Waals surface area contributed by atoms with Crippen molar-refractivity contribution in [3.8, 4) is 0 Å². The third kappa shape index (κ3) is 4.75. The Morgan fingerprint density at radius 2 is 2.05 bits per heavy atom. The normalized spacial score (nSPS) is 17.8. The number of nitrogens with zero attached hydrogens (tertiary/aromatic N) is 1. The molecule has 112 valence electrons. The minimum atomic E-state index is 0.705. The molecule has 1 saturated carbocycles. The third-order valence-electron chi connectivity index (χ3n) is 4.36. The summed E-state index contributed by atoms with van der Waals surface area (Å²) in [6.45, 7) is 6.74. The van der Waals surface area contributed by atoms with Crippen LogP contribution in [0.4, 0.5) is 0 Å². The molecular weight excluding hydrogens is 268 g/mol. The van der Waals surface area contributed by atoms with Crippen LogP contribution in [0.25, 0.3) is 0 Å². The lowest BCUT2D eigenvalue weighted by Gasteiger charge is -2.25. The summed E-state index contributed by atoms with van der Waals surface area (Å²) >= 11 is 6.28. The highest BCUT2D eigenvalue weighted by Crippen LogP contribution is 2.34. The van der Waals surface area contributed by atoms with Crippen molar-refractivity contribution < 1.29 is 0 Å². The summed E-state index contributed by atoms with van der Waals surface area (Å²) in [5.41, 5.74) is 1.25. The third-order valence-corrected chi connectivity index (χ3v) is 4.70. The van der Waals surface area contributed by atoms with Crippen LogP contribution < -0.4 is 5.32 Å². The number of pyridine rings is 1. The van der Waals surface area contributed by atoms with Gasteiger partial charge < -0.3 is 5.32 Å². The second kappa shape index (κ2) is 7.99. The van der Waals surface area contributed by atoms with Gasteiger partial charge in [-0.05, 0) is 48.9 Å². The maximum atomic E-state index is 6.28. The van der Waals surface area contributed by atoms with Gasteiger partial charge in [-0.25, -0.2) is 0 Å². The molecule has 0 spiro atoms. The molecule has 0 aliphatic heterocycles. The van der Waals surface area contributed by atoms with E-state index in [-0.39, 0.29) is 0 Å². The van der Waals surface area contributed by atoms with Gasteiger partial charge in [-0.15, -0.1) is 0 Å². The van der Waals surface area contributed by atoms with Gasteiger partial charge in [0.2, 0.25) is 0 Å². The van der Waals surface area contributed by atoms with Gasteiger partial charge >= 0.3 is 0 Å². The van der Waals surface area contributed by atoms with Crippen molar-refractivity contribution in [2.45, 2.75) is 46.0 Å². The topological polar surface area (TPSA) is 24.9 Å². The van der Waals surface area contributed by atoms with E-state index in [1.807, 2.05) is 6.20 Å². The maximum Gasteiger partial charge on any atom is 0.0621 e. The number of nitrogens with one attached hydrogen (secondary N) is 1. The lowest BCUT2D eigenvalue weighted by Crippen LogP contribution is -2.31. The molecule has 1 atom stereocenters. The van der Waals surface area contributed by atoms with E-state index in [1.165, 1.54) is 31.2 Å². The van der Waals surface area contributed by atoms with Gasteiger partial charge in [0.05, 0.1) is 5.02 Å². The summed E-state index contributed by atoms with van der Waals surface area (Å²) in [6.07, 6.45) is 10.3. The van der Waals surface area contributed by atoms with Crippen molar-refractivity contribution in [1.82, 2.24) is 10.3 Å². The molecule has 2 rings (SSSR count). The van der Waals surface area contributed by atoms with Crippen LogP contribution in [0.15, 0.2) is 18.5 Å². The van der Waals surface area contributed by atoms with Crippen LogP contribution in [-0.4, -0.2) is 18.1 Å².